The largest absolute Gasteiger partial charge is 0.478 e. The maximum atomic E-state index is 13.0. The fraction of sp³-hybridized carbons (Fsp3) is 0.0769. The molecule has 108 valence electrons. The number of hydrogen-bond acceptors (Lipinski definition) is 5. The van der Waals surface area contributed by atoms with E-state index in [2.05, 4.69) is 10.3 Å². The number of nitrogens with zero attached hydrogens (tertiary/aromatic N) is 2. The molecule has 0 aliphatic heterocycles. The van der Waals surface area contributed by atoms with Gasteiger partial charge < -0.3 is 10.4 Å². The number of aryl methyl sites for hydroxylation is 1. The predicted molar refractivity (Wildman–Crippen MR) is 72.3 cm³/mol. The van der Waals surface area contributed by atoms with E-state index >= 15 is 0 Å². The maximum absolute atomic E-state index is 13.0. The molecule has 0 radical (unpaired) electrons. The van der Waals surface area contributed by atoms with Crippen LogP contribution in [-0.4, -0.2) is 21.0 Å². The quantitative estimate of drug-likeness (QED) is 0.662. The summed E-state index contributed by atoms with van der Waals surface area (Å²) in [5, 5.41) is 22.5. The van der Waals surface area contributed by atoms with Gasteiger partial charge in [0.2, 0.25) is 5.82 Å². The number of carbonyl (C=O) groups is 1. The Balaban J connectivity index is 2.44. The standard InChI is InChI=1S/C13H10FN3O4/c1-7-4-9(14)2-3-10(7)16-12-11(17(20)21)5-8(6-15-12)13(18)19/h2-6H,1H3,(H,15,16)(H,18,19). The van der Waals surface area contributed by atoms with Crippen LogP contribution < -0.4 is 5.32 Å². The molecule has 0 saturated heterocycles. The van der Waals surface area contributed by atoms with Crippen LogP contribution in [0.2, 0.25) is 0 Å². The molecular weight excluding hydrogens is 281 g/mol. The molecule has 0 bridgehead atoms. The van der Waals surface area contributed by atoms with Gasteiger partial charge >= 0.3 is 11.7 Å². The fourth-order valence-electron chi connectivity index (χ4n) is 1.70. The van der Waals surface area contributed by atoms with Gasteiger partial charge in [-0.05, 0) is 30.7 Å². The van der Waals surface area contributed by atoms with Crippen LogP contribution in [0.15, 0.2) is 30.5 Å². The van der Waals surface area contributed by atoms with E-state index in [1.54, 1.807) is 6.92 Å². The summed E-state index contributed by atoms with van der Waals surface area (Å²) in [7, 11) is 0. The second kappa shape index (κ2) is 5.53. The van der Waals surface area contributed by atoms with Crippen molar-refractivity contribution in [1.29, 1.82) is 0 Å². The van der Waals surface area contributed by atoms with Crippen LogP contribution in [0.5, 0.6) is 0 Å². The monoisotopic (exact) mass is 291 g/mol. The van der Waals surface area contributed by atoms with Crippen molar-refractivity contribution in [1.82, 2.24) is 4.98 Å². The number of aromatic carboxylic acids is 1. The van der Waals surface area contributed by atoms with Gasteiger partial charge in [-0.3, -0.25) is 10.1 Å². The molecule has 0 fully saturated rings. The molecular formula is C13H10FN3O4. The van der Waals surface area contributed by atoms with Crippen molar-refractivity contribution in [3.8, 4) is 0 Å². The second-order valence-corrected chi connectivity index (χ2v) is 4.24. The lowest BCUT2D eigenvalue weighted by Gasteiger charge is -2.09. The number of anilines is 2. The number of nitrogens with one attached hydrogen (secondary N) is 1. The minimum absolute atomic E-state index is 0.111. The second-order valence-electron chi connectivity index (χ2n) is 4.24. The summed E-state index contributed by atoms with van der Waals surface area (Å²) in [5.41, 5.74) is 0.213. The van der Waals surface area contributed by atoms with E-state index in [0.29, 0.717) is 11.3 Å². The SMILES string of the molecule is Cc1cc(F)ccc1Nc1ncc(C(=O)O)cc1[N+](=O)[O-]. The summed E-state index contributed by atoms with van der Waals surface area (Å²) >= 11 is 0. The van der Waals surface area contributed by atoms with Gasteiger partial charge in [-0.1, -0.05) is 0 Å². The van der Waals surface area contributed by atoms with Crippen molar-refractivity contribution in [2.24, 2.45) is 0 Å². The molecule has 0 amide bonds. The molecule has 0 aliphatic rings. The number of nitro groups is 1. The molecule has 7 nitrogen and oxygen atoms in total. The highest BCUT2D eigenvalue weighted by Gasteiger charge is 2.19. The number of aromatic nitrogens is 1. The highest BCUT2D eigenvalue weighted by molar-refractivity contribution is 5.89. The van der Waals surface area contributed by atoms with Crippen LogP contribution in [0, 0.1) is 22.9 Å². The Bertz CT molecular complexity index is 733. The van der Waals surface area contributed by atoms with E-state index in [0.717, 1.165) is 12.3 Å². The summed E-state index contributed by atoms with van der Waals surface area (Å²) in [5.74, 6) is -1.85. The van der Waals surface area contributed by atoms with Crippen molar-refractivity contribution in [2.45, 2.75) is 6.92 Å². The van der Waals surface area contributed by atoms with Crippen LogP contribution in [0.4, 0.5) is 21.6 Å². The Morgan fingerprint density at radius 2 is 2.14 bits per heavy atom. The first-order chi connectivity index (χ1) is 9.88. The fourth-order valence-corrected chi connectivity index (χ4v) is 1.70. The Kier molecular flexibility index (Phi) is 3.79. The van der Waals surface area contributed by atoms with Crippen molar-refractivity contribution < 1.29 is 19.2 Å². The zero-order valence-corrected chi connectivity index (χ0v) is 10.8. The molecule has 0 atom stereocenters. The minimum Gasteiger partial charge on any atom is -0.478 e. The highest BCUT2D eigenvalue weighted by atomic mass is 19.1. The van der Waals surface area contributed by atoms with Gasteiger partial charge in [0.05, 0.1) is 10.5 Å². The maximum Gasteiger partial charge on any atom is 0.337 e. The molecule has 2 aromatic rings. The number of carboxylic acids is 1. The molecule has 0 aliphatic carbocycles. The molecule has 1 aromatic carbocycles. The topological polar surface area (TPSA) is 105 Å². The van der Waals surface area contributed by atoms with E-state index in [4.69, 9.17) is 5.11 Å². The van der Waals surface area contributed by atoms with Gasteiger partial charge in [0.25, 0.3) is 0 Å². The van der Waals surface area contributed by atoms with Crippen LogP contribution in [0.25, 0.3) is 0 Å². The van der Waals surface area contributed by atoms with E-state index in [-0.39, 0.29) is 11.4 Å². The Hall–Kier alpha value is -3.03. The normalized spacial score (nSPS) is 10.2. The zero-order chi connectivity index (χ0) is 15.6. The number of rotatable bonds is 4. The number of carboxylic acid groups (broad SMARTS) is 1. The molecule has 1 heterocycles. The van der Waals surface area contributed by atoms with Gasteiger partial charge in [0.15, 0.2) is 0 Å². The first-order valence-electron chi connectivity index (χ1n) is 5.79. The smallest absolute Gasteiger partial charge is 0.337 e. The van der Waals surface area contributed by atoms with Crippen LogP contribution in [0.1, 0.15) is 15.9 Å². The third-order valence-electron chi connectivity index (χ3n) is 2.75. The lowest BCUT2D eigenvalue weighted by atomic mass is 10.2. The third kappa shape index (κ3) is 3.11. The number of pyridine rings is 1. The van der Waals surface area contributed by atoms with Gasteiger partial charge in [-0.15, -0.1) is 0 Å². The average Bonchev–Trinajstić information content (AvgIpc) is 2.41. The summed E-state index contributed by atoms with van der Waals surface area (Å²) in [6.45, 7) is 1.63. The number of halogens is 1. The molecule has 21 heavy (non-hydrogen) atoms. The summed E-state index contributed by atoms with van der Waals surface area (Å²) in [4.78, 5) is 24.8. The van der Waals surface area contributed by atoms with E-state index in [1.807, 2.05) is 0 Å². The summed E-state index contributed by atoms with van der Waals surface area (Å²) in [6.07, 6.45) is 1.01. The lowest BCUT2D eigenvalue weighted by Crippen LogP contribution is -2.04. The first kappa shape index (κ1) is 14.4. The molecule has 0 spiro atoms. The van der Waals surface area contributed by atoms with Crippen LogP contribution in [0.3, 0.4) is 0 Å². The van der Waals surface area contributed by atoms with E-state index in [1.165, 1.54) is 18.2 Å². The van der Waals surface area contributed by atoms with Crippen molar-refractivity contribution >= 4 is 23.2 Å². The zero-order valence-electron chi connectivity index (χ0n) is 10.8. The van der Waals surface area contributed by atoms with E-state index in [9.17, 15) is 19.3 Å². The van der Waals surface area contributed by atoms with Crippen molar-refractivity contribution in [3.63, 3.8) is 0 Å². The Labute approximate surface area is 118 Å². The molecule has 0 saturated carbocycles. The summed E-state index contributed by atoms with van der Waals surface area (Å²) < 4.78 is 13.0. The van der Waals surface area contributed by atoms with Gasteiger partial charge in [-0.2, -0.15) is 0 Å². The molecule has 2 N–H and O–H groups in total. The minimum atomic E-state index is -1.31. The first-order valence-corrected chi connectivity index (χ1v) is 5.79. The third-order valence-corrected chi connectivity index (χ3v) is 2.75. The molecule has 2 rings (SSSR count). The highest BCUT2D eigenvalue weighted by Crippen LogP contribution is 2.28. The Morgan fingerprint density at radius 1 is 1.43 bits per heavy atom. The summed E-state index contributed by atoms with van der Waals surface area (Å²) in [6, 6.07) is 4.80. The van der Waals surface area contributed by atoms with Crippen LogP contribution in [-0.2, 0) is 0 Å². The van der Waals surface area contributed by atoms with E-state index < -0.39 is 22.4 Å². The van der Waals surface area contributed by atoms with Crippen molar-refractivity contribution in [3.05, 3.63) is 57.5 Å². The number of benzene rings is 1. The van der Waals surface area contributed by atoms with Gasteiger partial charge in [0, 0.05) is 18.0 Å². The van der Waals surface area contributed by atoms with Crippen molar-refractivity contribution in [2.75, 3.05) is 5.32 Å². The van der Waals surface area contributed by atoms with Gasteiger partial charge in [-0.25, -0.2) is 14.2 Å². The predicted octanol–water partition coefficient (Wildman–Crippen LogP) is 2.88. The molecule has 8 heteroatoms. The number of hydrogen-bond donors (Lipinski definition) is 2. The van der Waals surface area contributed by atoms with Crippen LogP contribution >= 0.6 is 0 Å². The average molecular weight is 291 g/mol. The molecule has 1 aromatic heterocycles. The van der Waals surface area contributed by atoms with Gasteiger partial charge in [0.1, 0.15) is 5.82 Å². The molecule has 0 unspecified atom stereocenters. The lowest BCUT2D eigenvalue weighted by molar-refractivity contribution is -0.384. The Morgan fingerprint density at radius 3 is 2.71 bits per heavy atom.